The number of carbonyl (C=O) groups is 2. The average molecular weight is 473 g/mol. The van der Waals surface area contributed by atoms with E-state index in [1.165, 1.54) is 4.57 Å². The molecule has 8 heteroatoms. The summed E-state index contributed by atoms with van der Waals surface area (Å²) in [4.78, 5) is 42.6. The molecular formula is C26H24N4O3S. The van der Waals surface area contributed by atoms with Crippen LogP contribution < -0.4 is 16.2 Å². The van der Waals surface area contributed by atoms with Gasteiger partial charge in [-0.1, -0.05) is 54.2 Å². The number of amides is 2. The first-order valence-electron chi connectivity index (χ1n) is 10.8. The van der Waals surface area contributed by atoms with Gasteiger partial charge in [0.25, 0.3) is 5.56 Å². The number of benzene rings is 3. The third-order valence-electron chi connectivity index (χ3n) is 5.42. The standard InChI is InChI=1S/C26H24N4O3S/c1-17-9-8-14-21(18(17)2)28-23(31)15-27-24(32)16-34-26-29-22-13-7-6-12-20(22)25(33)30(26)19-10-4-3-5-11-19/h3-14H,15-16H2,1-2H3,(H,27,32)(H,28,31). The molecule has 3 aromatic carbocycles. The smallest absolute Gasteiger partial charge is 0.266 e. The van der Waals surface area contributed by atoms with Gasteiger partial charge >= 0.3 is 0 Å². The summed E-state index contributed by atoms with van der Waals surface area (Å²) in [5.41, 5.74) is 3.81. The zero-order chi connectivity index (χ0) is 24.1. The van der Waals surface area contributed by atoms with Crippen LogP contribution >= 0.6 is 11.8 Å². The largest absolute Gasteiger partial charge is 0.346 e. The van der Waals surface area contributed by atoms with Crippen LogP contribution in [-0.2, 0) is 9.59 Å². The van der Waals surface area contributed by atoms with Crippen LogP contribution in [0.3, 0.4) is 0 Å². The molecule has 0 atom stereocenters. The van der Waals surface area contributed by atoms with E-state index >= 15 is 0 Å². The van der Waals surface area contributed by atoms with Crippen molar-refractivity contribution in [1.29, 1.82) is 0 Å². The highest BCUT2D eigenvalue weighted by atomic mass is 32.2. The molecule has 4 aromatic rings. The molecule has 2 amide bonds. The van der Waals surface area contributed by atoms with Gasteiger partial charge in [0.1, 0.15) is 0 Å². The number of aryl methyl sites for hydroxylation is 1. The van der Waals surface area contributed by atoms with E-state index in [4.69, 9.17) is 0 Å². The van der Waals surface area contributed by atoms with E-state index in [1.807, 2.05) is 68.4 Å². The zero-order valence-electron chi connectivity index (χ0n) is 18.9. The van der Waals surface area contributed by atoms with Crippen LogP contribution in [0.15, 0.2) is 82.7 Å². The van der Waals surface area contributed by atoms with Crippen molar-refractivity contribution < 1.29 is 9.59 Å². The topological polar surface area (TPSA) is 93.1 Å². The van der Waals surface area contributed by atoms with Gasteiger partial charge in [0, 0.05) is 5.69 Å². The van der Waals surface area contributed by atoms with Crippen molar-refractivity contribution in [3.8, 4) is 5.69 Å². The third kappa shape index (κ3) is 5.18. The molecule has 2 N–H and O–H groups in total. The normalized spacial score (nSPS) is 10.8. The van der Waals surface area contributed by atoms with Gasteiger partial charge in [-0.25, -0.2) is 4.98 Å². The number of fused-ring (bicyclic) bond motifs is 1. The molecule has 0 radical (unpaired) electrons. The van der Waals surface area contributed by atoms with E-state index < -0.39 is 0 Å². The predicted molar refractivity (Wildman–Crippen MR) is 136 cm³/mol. The van der Waals surface area contributed by atoms with Crippen molar-refractivity contribution in [2.24, 2.45) is 0 Å². The van der Waals surface area contributed by atoms with Crippen LogP contribution in [0.2, 0.25) is 0 Å². The highest BCUT2D eigenvalue weighted by Gasteiger charge is 2.15. The summed E-state index contributed by atoms with van der Waals surface area (Å²) in [5, 5.41) is 6.36. The number of rotatable bonds is 7. The fourth-order valence-corrected chi connectivity index (χ4v) is 4.30. The molecule has 0 aliphatic heterocycles. The highest BCUT2D eigenvalue weighted by molar-refractivity contribution is 7.99. The summed E-state index contributed by atoms with van der Waals surface area (Å²) >= 11 is 1.15. The van der Waals surface area contributed by atoms with E-state index in [-0.39, 0.29) is 29.7 Å². The molecule has 7 nitrogen and oxygen atoms in total. The Hall–Kier alpha value is -3.91. The van der Waals surface area contributed by atoms with Crippen molar-refractivity contribution in [3.63, 3.8) is 0 Å². The van der Waals surface area contributed by atoms with Crippen molar-refractivity contribution in [2.45, 2.75) is 19.0 Å². The lowest BCUT2D eigenvalue weighted by atomic mass is 10.1. The number of aromatic nitrogens is 2. The molecule has 0 fully saturated rings. The molecule has 0 aliphatic rings. The van der Waals surface area contributed by atoms with Gasteiger partial charge in [-0.05, 0) is 55.3 Å². The van der Waals surface area contributed by atoms with E-state index in [0.717, 1.165) is 28.6 Å². The molecule has 0 spiro atoms. The minimum absolute atomic E-state index is 0.00830. The van der Waals surface area contributed by atoms with Gasteiger partial charge in [-0.3, -0.25) is 19.0 Å². The second kappa shape index (κ2) is 10.4. The number of anilines is 1. The van der Waals surface area contributed by atoms with Crippen LogP contribution in [0.4, 0.5) is 5.69 Å². The summed E-state index contributed by atoms with van der Waals surface area (Å²) in [6.07, 6.45) is 0. The summed E-state index contributed by atoms with van der Waals surface area (Å²) in [6, 6.07) is 22.0. The Labute approximate surface area is 201 Å². The molecule has 1 aromatic heterocycles. The SMILES string of the molecule is Cc1cccc(NC(=O)CNC(=O)CSc2nc3ccccc3c(=O)n2-c2ccccc2)c1C. The summed E-state index contributed by atoms with van der Waals surface area (Å²) in [6.45, 7) is 3.76. The van der Waals surface area contributed by atoms with Crippen LogP contribution in [0.5, 0.6) is 0 Å². The molecular weight excluding hydrogens is 448 g/mol. The average Bonchev–Trinajstić information content (AvgIpc) is 2.85. The first-order chi connectivity index (χ1) is 16.4. The Morgan fingerprint density at radius 3 is 2.44 bits per heavy atom. The summed E-state index contributed by atoms with van der Waals surface area (Å²) in [5.74, 6) is -0.630. The third-order valence-corrected chi connectivity index (χ3v) is 6.36. The number of carbonyl (C=O) groups excluding carboxylic acids is 2. The van der Waals surface area contributed by atoms with Crippen LogP contribution in [0.1, 0.15) is 11.1 Å². The number of nitrogens with one attached hydrogen (secondary N) is 2. The Balaban J connectivity index is 1.46. The Bertz CT molecular complexity index is 1420. The molecule has 0 saturated heterocycles. The first kappa shape index (κ1) is 23.3. The quantitative estimate of drug-likeness (QED) is 0.315. The van der Waals surface area contributed by atoms with Crippen LogP contribution in [0.25, 0.3) is 16.6 Å². The Morgan fingerprint density at radius 2 is 1.65 bits per heavy atom. The minimum Gasteiger partial charge on any atom is -0.346 e. The lowest BCUT2D eigenvalue weighted by Gasteiger charge is -2.13. The number of para-hydroxylation sites is 2. The molecule has 0 aliphatic carbocycles. The van der Waals surface area contributed by atoms with E-state index in [9.17, 15) is 14.4 Å². The van der Waals surface area contributed by atoms with Crippen LogP contribution in [0, 0.1) is 13.8 Å². The molecule has 0 bridgehead atoms. The lowest BCUT2D eigenvalue weighted by Crippen LogP contribution is -2.34. The first-order valence-corrected chi connectivity index (χ1v) is 11.8. The molecule has 4 rings (SSSR count). The summed E-state index contributed by atoms with van der Waals surface area (Å²) < 4.78 is 1.51. The number of nitrogens with zero attached hydrogens (tertiary/aromatic N) is 2. The Kier molecular flexibility index (Phi) is 7.08. The number of hydrogen-bond acceptors (Lipinski definition) is 5. The second-order valence-electron chi connectivity index (χ2n) is 7.75. The number of hydrogen-bond donors (Lipinski definition) is 2. The Morgan fingerprint density at radius 1 is 0.912 bits per heavy atom. The van der Waals surface area contributed by atoms with Gasteiger partial charge in [0.05, 0.1) is 28.9 Å². The van der Waals surface area contributed by atoms with Crippen molar-refractivity contribution in [3.05, 3.63) is 94.3 Å². The van der Waals surface area contributed by atoms with Crippen LogP contribution in [-0.4, -0.2) is 33.7 Å². The maximum absolute atomic E-state index is 13.2. The second-order valence-corrected chi connectivity index (χ2v) is 8.69. The van der Waals surface area contributed by atoms with Gasteiger partial charge in [-0.15, -0.1) is 0 Å². The van der Waals surface area contributed by atoms with Gasteiger partial charge < -0.3 is 10.6 Å². The van der Waals surface area contributed by atoms with Gasteiger partial charge in [0.15, 0.2) is 5.16 Å². The van der Waals surface area contributed by atoms with Crippen molar-refractivity contribution >= 4 is 40.2 Å². The summed E-state index contributed by atoms with van der Waals surface area (Å²) in [7, 11) is 0. The van der Waals surface area contributed by atoms with E-state index in [1.54, 1.807) is 18.2 Å². The highest BCUT2D eigenvalue weighted by Crippen LogP contribution is 2.21. The lowest BCUT2D eigenvalue weighted by molar-refractivity contribution is -0.122. The molecule has 172 valence electrons. The molecule has 34 heavy (non-hydrogen) atoms. The fourth-order valence-electron chi connectivity index (χ4n) is 3.45. The fraction of sp³-hybridized carbons (Fsp3) is 0.154. The van der Waals surface area contributed by atoms with E-state index in [2.05, 4.69) is 15.6 Å². The van der Waals surface area contributed by atoms with Crippen molar-refractivity contribution in [1.82, 2.24) is 14.9 Å². The molecule has 1 heterocycles. The molecule has 0 saturated carbocycles. The van der Waals surface area contributed by atoms with Gasteiger partial charge in [-0.2, -0.15) is 0 Å². The van der Waals surface area contributed by atoms with Crippen molar-refractivity contribution in [2.75, 3.05) is 17.6 Å². The maximum Gasteiger partial charge on any atom is 0.266 e. The number of thioether (sulfide) groups is 1. The zero-order valence-corrected chi connectivity index (χ0v) is 19.7. The minimum atomic E-state index is -0.330. The molecule has 0 unspecified atom stereocenters. The van der Waals surface area contributed by atoms with E-state index in [0.29, 0.717) is 21.7 Å². The maximum atomic E-state index is 13.2. The van der Waals surface area contributed by atoms with Gasteiger partial charge in [0.2, 0.25) is 11.8 Å². The monoisotopic (exact) mass is 472 g/mol. The predicted octanol–water partition coefficient (Wildman–Crippen LogP) is 3.85.